The first kappa shape index (κ1) is 12.2. The standard InChI is InChI=1S/C11H14N2O3/c1-8(2)16-12-9(3)10-6-4-5-7-11(10)13(14)15/h4-8H,1-3H3/b12-9+. The molecule has 0 saturated carbocycles. The Labute approximate surface area is 93.9 Å². The zero-order chi connectivity index (χ0) is 12.1. The zero-order valence-electron chi connectivity index (χ0n) is 9.51. The predicted molar refractivity (Wildman–Crippen MR) is 61.5 cm³/mol. The van der Waals surface area contributed by atoms with Crippen LogP contribution < -0.4 is 0 Å². The third-order valence-corrected chi connectivity index (χ3v) is 1.89. The maximum atomic E-state index is 10.8. The fraction of sp³-hybridized carbons (Fsp3) is 0.364. The molecule has 5 heteroatoms. The van der Waals surface area contributed by atoms with Crippen LogP contribution in [-0.4, -0.2) is 16.7 Å². The Morgan fingerprint density at radius 1 is 1.44 bits per heavy atom. The number of benzene rings is 1. The second kappa shape index (κ2) is 5.25. The highest BCUT2D eigenvalue weighted by atomic mass is 16.6. The van der Waals surface area contributed by atoms with E-state index >= 15 is 0 Å². The van der Waals surface area contributed by atoms with E-state index in [0.717, 1.165) is 0 Å². The van der Waals surface area contributed by atoms with Crippen molar-refractivity contribution in [3.05, 3.63) is 39.9 Å². The Bertz CT molecular complexity index is 413. The molecule has 0 spiro atoms. The van der Waals surface area contributed by atoms with Crippen LogP contribution >= 0.6 is 0 Å². The molecule has 1 rings (SSSR count). The number of oxime groups is 1. The van der Waals surface area contributed by atoms with E-state index in [1.165, 1.54) is 6.07 Å². The number of rotatable bonds is 4. The van der Waals surface area contributed by atoms with Crippen molar-refractivity contribution in [1.29, 1.82) is 0 Å². The minimum absolute atomic E-state index is 0.0381. The Hall–Kier alpha value is -1.91. The van der Waals surface area contributed by atoms with E-state index in [0.29, 0.717) is 11.3 Å². The molecule has 0 aliphatic carbocycles. The highest BCUT2D eigenvalue weighted by Gasteiger charge is 2.14. The first-order valence-electron chi connectivity index (χ1n) is 4.96. The molecule has 0 radical (unpaired) electrons. The van der Waals surface area contributed by atoms with Crippen LogP contribution in [0.4, 0.5) is 5.69 Å². The molecule has 0 atom stereocenters. The van der Waals surface area contributed by atoms with E-state index in [2.05, 4.69) is 5.16 Å². The van der Waals surface area contributed by atoms with Crippen LogP contribution in [0.1, 0.15) is 26.3 Å². The van der Waals surface area contributed by atoms with E-state index in [1.807, 2.05) is 13.8 Å². The van der Waals surface area contributed by atoms with Gasteiger partial charge in [0.1, 0.15) is 6.10 Å². The lowest BCUT2D eigenvalue weighted by molar-refractivity contribution is -0.385. The topological polar surface area (TPSA) is 64.7 Å². The van der Waals surface area contributed by atoms with Crippen LogP contribution in [0.25, 0.3) is 0 Å². The molecule has 1 aromatic carbocycles. The summed E-state index contributed by atoms with van der Waals surface area (Å²) in [5, 5.41) is 14.6. The van der Waals surface area contributed by atoms with Gasteiger partial charge in [-0.2, -0.15) is 0 Å². The highest BCUT2D eigenvalue weighted by molar-refractivity contribution is 6.01. The maximum absolute atomic E-state index is 10.8. The fourth-order valence-corrected chi connectivity index (χ4v) is 1.17. The summed E-state index contributed by atoms with van der Waals surface area (Å²) < 4.78 is 0. The van der Waals surface area contributed by atoms with E-state index in [4.69, 9.17) is 4.84 Å². The minimum atomic E-state index is -0.427. The minimum Gasteiger partial charge on any atom is -0.393 e. The summed E-state index contributed by atoms with van der Waals surface area (Å²) in [6, 6.07) is 6.46. The zero-order valence-corrected chi connectivity index (χ0v) is 9.51. The SMILES string of the molecule is C/C(=N\OC(C)C)c1ccccc1[N+](=O)[O-]. The lowest BCUT2D eigenvalue weighted by Gasteiger charge is -2.05. The number of para-hydroxylation sites is 1. The molecule has 1 aromatic rings. The molecular weight excluding hydrogens is 208 g/mol. The molecule has 0 saturated heterocycles. The molecule has 0 bridgehead atoms. The molecule has 0 amide bonds. The Balaban J connectivity index is 3.03. The third-order valence-electron chi connectivity index (χ3n) is 1.89. The Morgan fingerprint density at radius 2 is 2.06 bits per heavy atom. The van der Waals surface area contributed by atoms with Gasteiger partial charge in [-0.25, -0.2) is 0 Å². The molecule has 0 unspecified atom stereocenters. The lowest BCUT2D eigenvalue weighted by atomic mass is 10.1. The molecule has 0 aromatic heterocycles. The average molecular weight is 222 g/mol. The number of hydrogen-bond acceptors (Lipinski definition) is 4. The van der Waals surface area contributed by atoms with E-state index in [-0.39, 0.29) is 11.8 Å². The summed E-state index contributed by atoms with van der Waals surface area (Å²) in [7, 11) is 0. The molecule has 0 aliphatic heterocycles. The molecule has 0 heterocycles. The molecule has 86 valence electrons. The van der Waals surface area contributed by atoms with Gasteiger partial charge in [-0.05, 0) is 26.8 Å². The summed E-state index contributed by atoms with van der Waals surface area (Å²) in [6.45, 7) is 5.37. The van der Waals surface area contributed by atoms with Crippen LogP contribution in [0, 0.1) is 10.1 Å². The predicted octanol–water partition coefficient (Wildman–Crippen LogP) is 2.74. The first-order chi connectivity index (χ1) is 7.52. The monoisotopic (exact) mass is 222 g/mol. The molecule has 0 aliphatic rings. The van der Waals surface area contributed by atoms with E-state index < -0.39 is 4.92 Å². The quantitative estimate of drug-likeness (QED) is 0.447. The van der Waals surface area contributed by atoms with Gasteiger partial charge >= 0.3 is 0 Å². The van der Waals surface area contributed by atoms with Crippen molar-refractivity contribution in [2.45, 2.75) is 26.9 Å². The fourth-order valence-electron chi connectivity index (χ4n) is 1.17. The molecule has 0 fully saturated rings. The average Bonchev–Trinajstić information content (AvgIpc) is 2.25. The van der Waals surface area contributed by atoms with Gasteiger partial charge in [0, 0.05) is 6.07 Å². The van der Waals surface area contributed by atoms with Crippen LogP contribution in [0.15, 0.2) is 29.4 Å². The normalized spacial score (nSPS) is 11.6. The van der Waals surface area contributed by atoms with Gasteiger partial charge in [0.2, 0.25) is 0 Å². The summed E-state index contributed by atoms with van der Waals surface area (Å²) in [4.78, 5) is 15.4. The summed E-state index contributed by atoms with van der Waals surface area (Å²) in [5.41, 5.74) is 1.02. The van der Waals surface area contributed by atoms with E-state index in [9.17, 15) is 10.1 Å². The second-order valence-corrected chi connectivity index (χ2v) is 3.61. The van der Waals surface area contributed by atoms with Crippen LogP contribution in [0.3, 0.4) is 0 Å². The van der Waals surface area contributed by atoms with Crippen LogP contribution in [0.2, 0.25) is 0 Å². The Morgan fingerprint density at radius 3 is 2.62 bits per heavy atom. The maximum Gasteiger partial charge on any atom is 0.278 e. The highest BCUT2D eigenvalue weighted by Crippen LogP contribution is 2.18. The second-order valence-electron chi connectivity index (χ2n) is 3.61. The summed E-state index contributed by atoms with van der Waals surface area (Å²) in [6.07, 6.45) is -0.0438. The Kier molecular flexibility index (Phi) is 3.99. The van der Waals surface area contributed by atoms with Crippen molar-refractivity contribution in [3.63, 3.8) is 0 Å². The molecule has 5 nitrogen and oxygen atoms in total. The van der Waals surface area contributed by atoms with Gasteiger partial charge in [-0.1, -0.05) is 17.3 Å². The van der Waals surface area contributed by atoms with Crippen molar-refractivity contribution < 1.29 is 9.76 Å². The van der Waals surface area contributed by atoms with Gasteiger partial charge in [0.05, 0.1) is 16.2 Å². The van der Waals surface area contributed by atoms with Gasteiger partial charge in [0.25, 0.3) is 5.69 Å². The van der Waals surface area contributed by atoms with Crippen LogP contribution in [0.5, 0.6) is 0 Å². The molecule has 16 heavy (non-hydrogen) atoms. The van der Waals surface area contributed by atoms with Crippen molar-refractivity contribution in [2.75, 3.05) is 0 Å². The van der Waals surface area contributed by atoms with Crippen LogP contribution in [-0.2, 0) is 4.84 Å². The lowest BCUT2D eigenvalue weighted by Crippen LogP contribution is -2.04. The van der Waals surface area contributed by atoms with Gasteiger partial charge in [0.15, 0.2) is 0 Å². The van der Waals surface area contributed by atoms with Crippen molar-refractivity contribution in [2.24, 2.45) is 5.16 Å². The first-order valence-corrected chi connectivity index (χ1v) is 4.96. The van der Waals surface area contributed by atoms with Crippen molar-refractivity contribution in [3.8, 4) is 0 Å². The number of nitro groups is 1. The molecular formula is C11H14N2O3. The summed E-state index contributed by atoms with van der Waals surface area (Å²) in [5.74, 6) is 0. The number of nitro benzene ring substituents is 1. The smallest absolute Gasteiger partial charge is 0.278 e. The van der Waals surface area contributed by atoms with Gasteiger partial charge < -0.3 is 4.84 Å². The van der Waals surface area contributed by atoms with Gasteiger partial charge in [-0.15, -0.1) is 0 Å². The van der Waals surface area contributed by atoms with Crippen molar-refractivity contribution in [1.82, 2.24) is 0 Å². The largest absolute Gasteiger partial charge is 0.393 e. The van der Waals surface area contributed by atoms with Gasteiger partial charge in [-0.3, -0.25) is 10.1 Å². The van der Waals surface area contributed by atoms with Crippen molar-refractivity contribution >= 4 is 11.4 Å². The molecule has 0 N–H and O–H groups in total. The number of hydrogen-bond donors (Lipinski definition) is 0. The van der Waals surface area contributed by atoms with E-state index in [1.54, 1.807) is 25.1 Å². The third kappa shape index (κ3) is 3.05. The summed E-state index contributed by atoms with van der Waals surface area (Å²) >= 11 is 0. The number of nitrogens with zero attached hydrogens (tertiary/aromatic N) is 2.